The Morgan fingerprint density at radius 1 is 0.929 bits per heavy atom. The smallest absolute Gasteiger partial charge is 0.168 e. The Hall–Kier alpha value is -1.56. The van der Waals surface area contributed by atoms with E-state index in [1.807, 2.05) is 27.7 Å². The van der Waals surface area contributed by atoms with Crippen molar-refractivity contribution < 1.29 is 9.47 Å². The SMILES string of the molecule is C=C(C#Cc1cc(C)cc(C)c1)CC1(C)CCC2(CC1)OCCO2.CC.CC. The van der Waals surface area contributed by atoms with E-state index >= 15 is 0 Å². The molecule has 0 amide bonds. The van der Waals surface area contributed by atoms with E-state index in [9.17, 15) is 0 Å². The van der Waals surface area contributed by atoms with Crippen LogP contribution in [0.3, 0.4) is 0 Å². The molecule has 2 aliphatic rings. The number of rotatable bonds is 2. The van der Waals surface area contributed by atoms with Gasteiger partial charge in [-0.2, -0.15) is 0 Å². The van der Waals surface area contributed by atoms with Gasteiger partial charge in [-0.1, -0.05) is 59.1 Å². The van der Waals surface area contributed by atoms with Gasteiger partial charge in [0.15, 0.2) is 5.79 Å². The van der Waals surface area contributed by atoms with Crippen molar-refractivity contribution >= 4 is 0 Å². The first-order chi connectivity index (χ1) is 13.4. The Bertz CT molecular complexity index is 654. The fourth-order valence-electron chi connectivity index (χ4n) is 3.96. The predicted octanol–water partition coefficient (Wildman–Crippen LogP) is 6.98. The summed E-state index contributed by atoms with van der Waals surface area (Å²) in [6.45, 7) is 20.3. The topological polar surface area (TPSA) is 18.5 Å². The molecule has 0 radical (unpaired) electrons. The highest BCUT2D eigenvalue weighted by Gasteiger charge is 2.44. The minimum absolute atomic E-state index is 0.259. The highest BCUT2D eigenvalue weighted by Crippen LogP contribution is 2.47. The number of aryl methyl sites for hydroxylation is 2. The van der Waals surface area contributed by atoms with E-state index in [-0.39, 0.29) is 11.2 Å². The lowest BCUT2D eigenvalue weighted by atomic mass is 9.70. The van der Waals surface area contributed by atoms with Crippen molar-refractivity contribution in [1.82, 2.24) is 0 Å². The fourth-order valence-corrected chi connectivity index (χ4v) is 3.96. The molecule has 0 atom stereocenters. The van der Waals surface area contributed by atoms with Crippen LogP contribution in [0.4, 0.5) is 0 Å². The Morgan fingerprint density at radius 2 is 1.43 bits per heavy atom. The summed E-state index contributed by atoms with van der Waals surface area (Å²) in [5.74, 6) is 6.28. The maximum absolute atomic E-state index is 5.83. The zero-order valence-corrected chi connectivity index (χ0v) is 19.2. The first-order valence-electron chi connectivity index (χ1n) is 10.9. The lowest BCUT2D eigenvalue weighted by molar-refractivity contribution is -0.190. The molecule has 1 aliphatic carbocycles. The summed E-state index contributed by atoms with van der Waals surface area (Å²) in [5.41, 5.74) is 4.88. The van der Waals surface area contributed by atoms with E-state index < -0.39 is 0 Å². The molecule has 1 aromatic carbocycles. The van der Waals surface area contributed by atoms with Gasteiger partial charge in [-0.25, -0.2) is 0 Å². The van der Waals surface area contributed by atoms with E-state index in [0.717, 1.165) is 56.5 Å². The number of ether oxygens (including phenoxy) is 2. The monoisotopic (exact) mass is 384 g/mol. The van der Waals surface area contributed by atoms with Gasteiger partial charge < -0.3 is 9.47 Å². The summed E-state index contributed by atoms with van der Waals surface area (Å²) in [6.07, 6.45) is 5.15. The van der Waals surface area contributed by atoms with Crippen LogP contribution in [0.5, 0.6) is 0 Å². The Morgan fingerprint density at radius 3 is 1.93 bits per heavy atom. The quantitative estimate of drug-likeness (QED) is 0.512. The van der Waals surface area contributed by atoms with Gasteiger partial charge in [0.1, 0.15) is 0 Å². The van der Waals surface area contributed by atoms with Crippen LogP contribution in [0.2, 0.25) is 0 Å². The third kappa shape index (κ3) is 7.12. The van der Waals surface area contributed by atoms with Crippen molar-refractivity contribution in [3.8, 4) is 11.8 Å². The van der Waals surface area contributed by atoms with Crippen LogP contribution in [0, 0.1) is 31.1 Å². The second-order valence-electron chi connectivity index (χ2n) is 7.82. The Labute approximate surface area is 173 Å². The largest absolute Gasteiger partial charge is 0.348 e. The van der Waals surface area contributed by atoms with Crippen LogP contribution in [0.1, 0.15) is 83.4 Å². The highest BCUT2D eigenvalue weighted by atomic mass is 16.7. The van der Waals surface area contributed by atoms with Crippen molar-refractivity contribution in [2.24, 2.45) is 5.41 Å². The molecule has 1 heterocycles. The first kappa shape index (κ1) is 24.5. The Kier molecular flexibility index (Phi) is 10.0. The molecule has 1 saturated heterocycles. The van der Waals surface area contributed by atoms with Crippen LogP contribution < -0.4 is 0 Å². The number of hydrogen-bond donors (Lipinski definition) is 0. The average molecular weight is 385 g/mol. The number of hydrogen-bond acceptors (Lipinski definition) is 2. The second-order valence-corrected chi connectivity index (χ2v) is 7.82. The van der Waals surface area contributed by atoms with Crippen LogP contribution in [0.25, 0.3) is 0 Å². The van der Waals surface area contributed by atoms with Crippen LogP contribution in [-0.4, -0.2) is 19.0 Å². The van der Waals surface area contributed by atoms with Crippen molar-refractivity contribution in [2.75, 3.05) is 13.2 Å². The van der Waals surface area contributed by atoms with Gasteiger partial charge in [0.05, 0.1) is 13.2 Å². The van der Waals surface area contributed by atoms with Gasteiger partial charge in [0.25, 0.3) is 0 Å². The third-order valence-electron chi connectivity index (χ3n) is 5.28. The summed E-state index contributed by atoms with van der Waals surface area (Å²) < 4.78 is 11.7. The molecule has 0 bridgehead atoms. The number of benzene rings is 1. The molecule has 28 heavy (non-hydrogen) atoms. The van der Waals surface area contributed by atoms with Gasteiger partial charge >= 0.3 is 0 Å². The van der Waals surface area contributed by atoms with Crippen LogP contribution >= 0.6 is 0 Å². The van der Waals surface area contributed by atoms with Crippen molar-refractivity contribution in [2.45, 2.75) is 86.4 Å². The van der Waals surface area contributed by atoms with E-state index in [4.69, 9.17) is 9.47 Å². The molecule has 0 N–H and O–H groups in total. The zero-order chi connectivity index (χ0) is 21.2. The maximum Gasteiger partial charge on any atom is 0.168 e. The Balaban J connectivity index is 0.000000921. The summed E-state index contributed by atoms with van der Waals surface area (Å²) in [5, 5.41) is 0. The minimum Gasteiger partial charge on any atom is -0.348 e. The molecule has 3 rings (SSSR count). The van der Waals surface area contributed by atoms with E-state index in [2.05, 4.69) is 57.4 Å². The van der Waals surface area contributed by atoms with Crippen molar-refractivity contribution in [1.29, 1.82) is 0 Å². The molecular weight excluding hydrogens is 344 g/mol. The third-order valence-corrected chi connectivity index (χ3v) is 5.28. The minimum atomic E-state index is -0.286. The maximum atomic E-state index is 5.83. The normalized spacial score (nSPS) is 18.7. The van der Waals surface area contributed by atoms with Gasteiger partial charge in [0, 0.05) is 18.4 Å². The summed E-state index contributed by atoms with van der Waals surface area (Å²) in [7, 11) is 0. The molecule has 1 aliphatic heterocycles. The lowest BCUT2D eigenvalue weighted by Gasteiger charge is -2.41. The standard InChI is InChI=1S/C22H28O2.2C2H6/c1-17(5-6-20-14-18(2)13-19(3)15-20)16-21(4)7-9-22(10-8-21)23-11-12-24-22;2*1-2/h13-15H,1,7-12,16H2,2-4H3;2*1-2H3. The molecule has 0 aromatic heterocycles. The summed E-state index contributed by atoms with van der Waals surface area (Å²) >= 11 is 0. The molecular formula is C26H40O2. The zero-order valence-electron chi connectivity index (χ0n) is 19.2. The van der Waals surface area contributed by atoms with Crippen LogP contribution in [0.15, 0.2) is 30.4 Å². The van der Waals surface area contributed by atoms with E-state index in [1.165, 1.54) is 11.1 Å². The first-order valence-corrected chi connectivity index (χ1v) is 10.9. The predicted molar refractivity (Wildman–Crippen MR) is 120 cm³/mol. The van der Waals surface area contributed by atoms with E-state index in [0.29, 0.717) is 0 Å². The van der Waals surface area contributed by atoms with Gasteiger partial charge in [0.2, 0.25) is 0 Å². The highest BCUT2D eigenvalue weighted by molar-refractivity contribution is 5.43. The molecule has 156 valence electrons. The molecule has 1 aromatic rings. The summed E-state index contributed by atoms with van der Waals surface area (Å²) in [6, 6.07) is 6.44. The van der Waals surface area contributed by atoms with Gasteiger partial charge in [-0.05, 0) is 67.4 Å². The molecule has 2 heteroatoms. The average Bonchev–Trinajstić information content (AvgIpc) is 3.14. The molecule has 1 spiro atoms. The number of allylic oxidation sites excluding steroid dienone is 1. The lowest BCUT2D eigenvalue weighted by Crippen LogP contribution is -2.39. The van der Waals surface area contributed by atoms with Gasteiger partial charge in [-0.3, -0.25) is 0 Å². The van der Waals surface area contributed by atoms with Crippen LogP contribution in [-0.2, 0) is 9.47 Å². The molecule has 1 saturated carbocycles. The molecule has 0 unspecified atom stereocenters. The van der Waals surface area contributed by atoms with Crippen molar-refractivity contribution in [3.63, 3.8) is 0 Å². The second kappa shape index (κ2) is 11.4. The molecule has 2 nitrogen and oxygen atoms in total. The fraction of sp³-hybridized carbons (Fsp3) is 0.615. The van der Waals surface area contributed by atoms with E-state index in [1.54, 1.807) is 0 Å². The van der Waals surface area contributed by atoms with Gasteiger partial charge in [-0.15, -0.1) is 0 Å². The summed E-state index contributed by atoms with van der Waals surface area (Å²) in [4.78, 5) is 0. The van der Waals surface area contributed by atoms with Crippen molar-refractivity contribution in [3.05, 3.63) is 47.0 Å². The molecule has 2 fully saturated rings.